The van der Waals surface area contributed by atoms with Gasteiger partial charge >= 0.3 is 5.63 Å². The number of nitrogens with one attached hydrogen (secondary N) is 1. The van der Waals surface area contributed by atoms with Crippen molar-refractivity contribution < 1.29 is 13.9 Å². The standard InChI is InChI=1S/C28H28N2O4/c1-19-21(10-7-11-24(19)20-8-5-4-6-9-20)18-33-23-12-13-26-22(16-23)17-25(28(32)34-26)27(31)29-14-15-30(2)3/h4-13,16-17H,14-15,18H2,1-3H3,(H,29,31). The predicted octanol–water partition coefficient (Wildman–Crippen LogP) is 4.64. The number of ether oxygens (including phenoxy) is 1. The van der Waals surface area contributed by atoms with Gasteiger partial charge in [-0.3, -0.25) is 4.79 Å². The number of amides is 1. The molecule has 4 rings (SSSR count). The zero-order valence-electron chi connectivity index (χ0n) is 19.6. The molecule has 0 spiro atoms. The highest BCUT2D eigenvalue weighted by Crippen LogP contribution is 2.27. The third-order valence-corrected chi connectivity index (χ3v) is 5.72. The molecule has 1 N–H and O–H groups in total. The first-order valence-corrected chi connectivity index (χ1v) is 11.2. The van der Waals surface area contributed by atoms with Gasteiger partial charge in [0.05, 0.1) is 0 Å². The quantitative estimate of drug-likeness (QED) is 0.391. The van der Waals surface area contributed by atoms with Crippen LogP contribution in [0.2, 0.25) is 0 Å². The number of nitrogens with zero attached hydrogens (tertiary/aromatic N) is 1. The van der Waals surface area contributed by atoms with Gasteiger partial charge in [-0.15, -0.1) is 0 Å². The number of benzene rings is 3. The Hall–Kier alpha value is -3.90. The molecular formula is C28H28N2O4. The van der Waals surface area contributed by atoms with Crippen LogP contribution in [0.5, 0.6) is 5.75 Å². The van der Waals surface area contributed by atoms with Gasteiger partial charge in [0.25, 0.3) is 5.91 Å². The Kier molecular flexibility index (Phi) is 7.09. The van der Waals surface area contributed by atoms with Crippen molar-refractivity contribution in [3.63, 3.8) is 0 Å². The highest BCUT2D eigenvalue weighted by atomic mass is 16.5. The Balaban J connectivity index is 1.53. The van der Waals surface area contributed by atoms with E-state index in [1.165, 1.54) is 11.1 Å². The van der Waals surface area contributed by atoms with Crippen LogP contribution in [-0.4, -0.2) is 38.0 Å². The predicted molar refractivity (Wildman–Crippen MR) is 134 cm³/mol. The molecule has 1 aromatic heterocycles. The summed E-state index contributed by atoms with van der Waals surface area (Å²) < 4.78 is 11.4. The van der Waals surface area contributed by atoms with E-state index >= 15 is 0 Å². The van der Waals surface area contributed by atoms with E-state index in [2.05, 4.69) is 36.5 Å². The zero-order valence-corrected chi connectivity index (χ0v) is 19.6. The normalized spacial score (nSPS) is 11.1. The summed E-state index contributed by atoms with van der Waals surface area (Å²) in [5.74, 6) is 0.182. The lowest BCUT2D eigenvalue weighted by atomic mass is 9.97. The lowest BCUT2D eigenvalue weighted by molar-refractivity contribution is 0.0947. The van der Waals surface area contributed by atoms with Crippen LogP contribution in [0, 0.1) is 6.92 Å². The molecule has 34 heavy (non-hydrogen) atoms. The van der Waals surface area contributed by atoms with Crippen molar-refractivity contribution in [2.45, 2.75) is 13.5 Å². The van der Waals surface area contributed by atoms with Crippen LogP contribution in [0.25, 0.3) is 22.1 Å². The number of hydrogen-bond acceptors (Lipinski definition) is 5. The molecule has 0 aliphatic carbocycles. The molecule has 0 atom stereocenters. The largest absolute Gasteiger partial charge is 0.489 e. The van der Waals surface area contributed by atoms with Crippen LogP contribution in [0.4, 0.5) is 0 Å². The van der Waals surface area contributed by atoms with Gasteiger partial charge in [0.1, 0.15) is 23.5 Å². The molecule has 3 aromatic carbocycles. The second-order valence-electron chi connectivity index (χ2n) is 8.45. The van der Waals surface area contributed by atoms with Gasteiger partial charge in [-0.1, -0.05) is 48.5 Å². The average Bonchev–Trinajstić information content (AvgIpc) is 2.83. The van der Waals surface area contributed by atoms with Gasteiger partial charge in [0.15, 0.2) is 0 Å². The van der Waals surface area contributed by atoms with E-state index in [0.717, 1.165) is 11.1 Å². The maximum absolute atomic E-state index is 12.5. The molecule has 0 fully saturated rings. The minimum atomic E-state index is -0.656. The Bertz CT molecular complexity index is 1360. The molecule has 6 heteroatoms. The van der Waals surface area contributed by atoms with E-state index in [4.69, 9.17) is 9.15 Å². The van der Waals surface area contributed by atoms with Gasteiger partial charge in [0, 0.05) is 18.5 Å². The molecule has 6 nitrogen and oxygen atoms in total. The molecule has 1 heterocycles. The van der Waals surface area contributed by atoms with Crippen LogP contribution < -0.4 is 15.7 Å². The van der Waals surface area contributed by atoms with Gasteiger partial charge in [-0.05, 0) is 67.5 Å². The van der Waals surface area contributed by atoms with Crippen molar-refractivity contribution in [1.82, 2.24) is 10.2 Å². The molecule has 0 saturated carbocycles. The Labute approximate surface area is 198 Å². The average molecular weight is 457 g/mol. The van der Waals surface area contributed by atoms with Gasteiger partial charge < -0.3 is 19.4 Å². The summed E-state index contributed by atoms with van der Waals surface area (Å²) in [6.07, 6.45) is 0. The van der Waals surface area contributed by atoms with E-state index in [1.807, 2.05) is 43.3 Å². The summed E-state index contributed by atoms with van der Waals surface area (Å²) in [6.45, 7) is 3.60. The Morgan fingerprint density at radius 2 is 1.79 bits per heavy atom. The summed E-state index contributed by atoms with van der Waals surface area (Å²) in [5.41, 5.74) is 4.32. The lowest BCUT2D eigenvalue weighted by Crippen LogP contribution is -2.33. The molecule has 0 aliphatic heterocycles. The maximum Gasteiger partial charge on any atom is 0.349 e. The summed E-state index contributed by atoms with van der Waals surface area (Å²) in [6, 6.07) is 23.2. The van der Waals surface area contributed by atoms with Crippen molar-refractivity contribution in [3.8, 4) is 16.9 Å². The number of carbonyl (C=O) groups excluding carboxylic acids is 1. The Morgan fingerprint density at radius 1 is 1.00 bits per heavy atom. The molecule has 1 amide bonds. The number of carbonyl (C=O) groups is 1. The first-order valence-electron chi connectivity index (χ1n) is 11.2. The van der Waals surface area contributed by atoms with Crippen LogP contribution in [0.1, 0.15) is 21.5 Å². The first kappa shape index (κ1) is 23.3. The highest BCUT2D eigenvalue weighted by molar-refractivity contribution is 5.96. The molecule has 4 aromatic rings. The molecule has 0 saturated heterocycles. The fourth-order valence-electron chi connectivity index (χ4n) is 3.77. The van der Waals surface area contributed by atoms with Crippen LogP contribution in [0.3, 0.4) is 0 Å². The SMILES string of the molecule is Cc1c(COc2ccc3oc(=O)c(C(=O)NCCN(C)C)cc3c2)cccc1-c1ccccc1. The van der Waals surface area contributed by atoms with Gasteiger partial charge in [0.2, 0.25) is 0 Å². The van der Waals surface area contributed by atoms with Gasteiger partial charge in [-0.25, -0.2) is 4.79 Å². The van der Waals surface area contributed by atoms with E-state index in [9.17, 15) is 9.59 Å². The van der Waals surface area contributed by atoms with Crippen molar-refractivity contribution in [2.75, 3.05) is 27.2 Å². The smallest absolute Gasteiger partial charge is 0.349 e. The van der Waals surface area contributed by atoms with Crippen LogP contribution in [0.15, 0.2) is 82.0 Å². The molecule has 0 unspecified atom stereocenters. The van der Waals surface area contributed by atoms with E-state index < -0.39 is 11.5 Å². The Morgan fingerprint density at radius 3 is 2.56 bits per heavy atom. The van der Waals surface area contributed by atoms with Crippen LogP contribution >= 0.6 is 0 Å². The monoisotopic (exact) mass is 456 g/mol. The van der Waals surface area contributed by atoms with Crippen LogP contribution in [-0.2, 0) is 6.61 Å². The van der Waals surface area contributed by atoms with E-state index in [-0.39, 0.29) is 5.56 Å². The molecule has 0 aliphatic rings. The summed E-state index contributed by atoms with van der Waals surface area (Å²) in [7, 11) is 3.83. The first-order chi connectivity index (χ1) is 16.4. The maximum atomic E-state index is 12.5. The summed E-state index contributed by atoms with van der Waals surface area (Å²) >= 11 is 0. The second-order valence-corrected chi connectivity index (χ2v) is 8.45. The van der Waals surface area contributed by atoms with Crippen molar-refractivity contribution in [1.29, 1.82) is 0 Å². The second kappa shape index (κ2) is 10.4. The zero-order chi connectivity index (χ0) is 24.1. The molecule has 0 radical (unpaired) electrons. The minimum Gasteiger partial charge on any atom is -0.489 e. The summed E-state index contributed by atoms with van der Waals surface area (Å²) in [5, 5.41) is 3.38. The van der Waals surface area contributed by atoms with E-state index in [1.54, 1.807) is 24.3 Å². The number of likely N-dealkylation sites (N-methyl/N-ethyl adjacent to an activating group) is 1. The number of fused-ring (bicyclic) bond motifs is 1. The number of hydrogen-bond donors (Lipinski definition) is 1. The molecule has 0 bridgehead atoms. The summed E-state index contributed by atoms with van der Waals surface area (Å²) in [4.78, 5) is 26.7. The third kappa shape index (κ3) is 5.35. The fraction of sp³-hybridized carbons (Fsp3) is 0.214. The van der Waals surface area contributed by atoms with Crippen molar-refractivity contribution in [2.24, 2.45) is 0 Å². The third-order valence-electron chi connectivity index (χ3n) is 5.72. The van der Waals surface area contributed by atoms with Crippen molar-refractivity contribution in [3.05, 3.63) is 99.9 Å². The highest BCUT2D eigenvalue weighted by Gasteiger charge is 2.14. The van der Waals surface area contributed by atoms with Gasteiger partial charge in [-0.2, -0.15) is 0 Å². The van der Waals surface area contributed by atoms with Crippen molar-refractivity contribution >= 4 is 16.9 Å². The number of rotatable bonds is 8. The molecular weight excluding hydrogens is 428 g/mol. The molecule has 174 valence electrons. The fourth-order valence-corrected chi connectivity index (χ4v) is 3.77. The lowest BCUT2D eigenvalue weighted by Gasteiger charge is -2.13. The van der Waals surface area contributed by atoms with E-state index in [0.29, 0.717) is 36.4 Å². The minimum absolute atomic E-state index is 0.0187. The topological polar surface area (TPSA) is 71.8 Å².